The molecule has 2 aromatic carbocycles. The Morgan fingerprint density at radius 2 is 1.94 bits per heavy atom. The highest BCUT2D eigenvalue weighted by molar-refractivity contribution is 6.11. The van der Waals surface area contributed by atoms with Crippen LogP contribution in [0.4, 0.5) is 5.82 Å². The number of fused-ring (bicyclic) bond motifs is 3. The van der Waals surface area contributed by atoms with Crippen molar-refractivity contribution in [2.45, 2.75) is 18.9 Å². The molecule has 32 heavy (non-hydrogen) atoms. The number of amides is 1. The van der Waals surface area contributed by atoms with Crippen molar-refractivity contribution in [3.8, 4) is 17.2 Å². The molecule has 9 nitrogen and oxygen atoms in total. The SMILES string of the molecule is Nc1c(C(=O)NC[C@@H]2CCCO2)c2nc3ccccc3nc2n1-c1ccc2c(c1)OCO2. The predicted molar refractivity (Wildman–Crippen MR) is 118 cm³/mol. The lowest BCUT2D eigenvalue weighted by Gasteiger charge is -2.11. The highest BCUT2D eigenvalue weighted by atomic mass is 16.7. The van der Waals surface area contributed by atoms with Crippen LogP contribution in [0.5, 0.6) is 11.5 Å². The summed E-state index contributed by atoms with van der Waals surface area (Å²) in [5, 5.41) is 2.96. The summed E-state index contributed by atoms with van der Waals surface area (Å²) in [6.07, 6.45) is 1.96. The molecule has 0 saturated carbocycles. The molecule has 1 atom stereocenters. The van der Waals surface area contributed by atoms with E-state index in [1.807, 2.05) is 42.5 Å². The zero-order chi connectivity index (χ0) is 21.7. The first-order valence-corrected chi connectivity index (χ1v) is 10.6. The summed E-state index contributed by atoms with van der Waals surface area (Å²) in [6.45, 7) is 1.32. The van der Waals surface area contributed by atoms with Crippen LogP contribution in [0.2, 0.25) is 0 Å². The van der Waals surface area contributed by atoms with Gasteiger partial charge >= 0.3 is 0 Å². The van der Waals surface area contributed by atoms with E-state index in [0.29, 0.717) is 51.5 Å². The van der Waals surface area contributed by atoms with Crippen LogP contribution in [0.15, 0.2) is 42.5 Å². The Morgan fingerprint density at radius 3 is 2.75 bits per heavy atom. The van der Waals surface area contributed by atoms with Crippen LogP contribution >= 0.6 is 0 Å². The molecule has 1 fully saturated rings. The molecule has 0 unspecified atom stereocenters. The van der Waals surface area contributed by atoms with Gasteiger partial charge in [0.15, 0.2) is 17.1 Å². The van der Waals surface area contributed by atoms with E-state index in [-0.39, 0.29) is 24.6 Å². The Hall–Kier alpha value is -3.85. The summed E-state index contributed by atoms with van der Waals surface area (Å²) in [5.41, 5.74) is 9.92. The van der Waals surface area contributed by atoms with Crippen LogP contribution < -0.4 is 20.5 Å². The van der Waals surface area contributed by atoms with Gasteiger partial charge in [0.1, 0.15) is 16.9 Å². The number of hydrogen-bond donors (Lipinski definition) is 2. The Kier molecular flexibility index (Phi) is 4.36. The first-order valence-electron chi connectivity index (χ1n) is 10.6. The van der Waals surface area contributed by atoms with Gasteiger partial charge in [-0.3, -0.25) is 9.36 Å². The number of rotatable bonds is 4. The third-order valence-electron chi connectivity index (χ3n) is 5.85. The van der Waals surface area contributed by atoms with E-state index >= 15 is 0 Å². The highest BCUT2D eigenvalue weighted by Gasteiger charge is 2.27. The third kappa shape index (κ3) is 3.01. The van der Waals surface area contributed by atoms with Gasteiger partial charge in [0.25, 0.3) is 5.91 Å². The highest BCUT2D eigenvalue weighted by Crippen LogP contribution is 2.37. The number of nitrogens with zero attached hydrogens (tertiary/aromatic N) is 3. The fourth-order valence-corrected chi connectivity index (χ4v) is 4.27. The monoisotopic (exact) mass is 431 g/mol. The number of ether oxygens (including phenoxy) is 3. The van der Waals surface area contributed by atoms with Crippen molar-refractivity contribution in [1.29, 1.82) is 0 Å². The summed E-state index contributed by atoms with van der Waals surface area (Å²) >= 11 is 0. The zero-order valence-electron chi connectivity index (χ0n) is 17.2. The minimum absolute atomic E-state index is 0.0225. The Bertz CT molecular complexity index is 1360. The Morgan fingerprint density at radius 1 is 1.12 bits per heavy atom. The number of nitrogens with two attached hydrogens (primary N) is 1. The molecule has 9 heteroatoms. The van der Waals surface area contributed by atoms with Gasteiger partial charge in [-0.25, -0.2) is 9.97 Å². The lowest BCUT2D eigenvalue weighted by molar-refractivity contribution is 0.0859. The van der Waals surface area contributed by atoms with Crippen molar-refractivity contribution in [2.24, 2.45) is 0 Å². The number of nitrogens with one attached hydrogen (secondary N) is 1. The standard InChI is InChI=1S/C23H21N5O4/c24-21-19(23(29)25-11-14-4-3-9-30-14)20-22(27-16-6-2-1-5-15(16)26-20)28(21)13-7-8-17-18(10-13)32-12-31-17/h1-2,5-8,10,14H,3-4,9,11-12,24H2,(H,25,29)/t14-/m0/s1. The first-order chi connectivity index (χ1) is 15.7. The van der Waals surface area contributed by atoms with Gasteiger partial charge in [-0.1, -0.05) is 12.1 Å². The molecule has 4 aromatic rings. The minimum atomic E-state index is -0.299. The first kappa shape index (κ1) is 18.9. The molecule has 162 valence electrons. The van der Waals surface area contributed by atoms with Crippen molar-refractivity contribution >= 4 is 33.9 Å². The summed E-state index contributed by atoms with van der Waals surface area (Å²) in [6, 6.07) is 13.0. The molecule has 2 aliphatic rings. The zero-order valence-corrected chi connectivity index (χ0v) is 17.2. The van der Waals surface area contributed by atoms with Crippen molar-refractivity contribution in [2.75, 3.05) is 25.7 Å². The molecule has 0 radical (unpaired) electrons. The van der Waals surface area contributed by atoms with Crippen molar-refractivity contribution in [3.05, 3.63) is 48.0 Å². The smallest absolute Gasteiger partial charge is 0.257 e. The average Bonchev–Trinajstić information content (AvgIpc) is 3.54. The summed E-state index contributed by atoms with van der Waals surface area (Å²) < 4.78 is 18.3. The minimum Gasteiger partial charge on any atom is -0.454 e. The molecule has 0 aliphatic carbocycles. The summed E-state index contributed by atoms with van der Waals surface area (Å²) in [4.78, 5) is 22.8. The lowest BCUT2D eigenvalue weighted by atomic mass is 10.2. The van der Waals surface area contributed by atoms with Crippen molar-refractivity contribution in [1.82, 2.24) is 19.9 Å². The molecule has 2 aliphatic heterocycles. The van der Waals surface area contributed by atoms with E-state index in [0.717, 1.165) is 19.4 Å². The second kappa shape index (κ2) is 7.38. The maximum absolute atomic E-state index is 13.2. The fourth-order valence-electron chi connectivity index (χ4n) is 4.27. The number of carbonyl (C=O) groups excluding carboxylic acids is 1. The number of anilines is 1. The molecule has 1 amide bonds. The molecule has 0 bridgehead atoms. The fraction of sp³-hybridized carbons (Fsp3) is 0.261. The molecule has 4 heterocycles. The van der Waals surface area contributed by atoms with E-state index in [1.54, 1.807) is 4.57 Å². The molecule has 1 saturated heterocycles. The van der Waals surface area contributed by atoms with E-state index < -0.39 is 0 Å². The van der Waals surface area contributed by atoms with Gasteiger partial charge in [0.05, 0.1) is 22.8 Å². The van der Waals surface area contributed by atoms with Gasteiger partial charge < -0.3 is 25.3 Å². The van der Waals surface area contributed by atoms with E-state index in [1.165, 1.54) is 0 Å². The van der Waals surface area contributed by atoms with E-state index in [9.17, 15) is 4.79 Å². The third-order valence-corrected chi connectivity index (χ3v) is 5.85. The van der Waals surface area contributed by atoms with Gasteiger partial charge in [-0.15, -0.1) is 0 Å². The second-order valence-corrected chi connectivity index (χ2v) is 7.86. The number of hydrogen-bond acceptors (Lipinski definition) is 7. The van der Waals surface area contributed by atoms with E-state index in [2.05, 4.69) is 5.32 Å². The molecule has 3 N–H and O–H groups in total. The van der Waals surface area contributed by atoms with E-state index in [4.69, 9.17) is 29.9 Å². The number of para-hydroxylation sites is 2. The predicted octanol–water partition coefficient (Wildman–Crippen LogP) is 2.79. The van der Waals surface area contributed by atoms with Crippen molar-refractivity contribution in [3.63, 3.8) is 0 Å². The summed E-state index contributed by atoms with van der Waals surface area (Å²) in [5.74, 6) is 1.24. The Labute approximate surface area is 183 Å². The van der Waals surface area contributed by atoms with Gasteiger partial charge in [-0.2, -0.15) is 0 Å². The van der Waals surface area contributed by atoms with Crippen LogP contribution in [0.1, 0.15) is 23.2 Å². The van der Waals surface area contributed by atoms with Crippen molar-refractivity contribution < 1.29 is 19.0 Å². The maximum atomic E-state index is 13.2. The normalized spacial score (nSPS) is 17.3. The number of nitrogen functional groups attached to an aromatic ring is 1. The molecule has 2 aromatic heterocycles. The lowest BCUT2D eigenvalue weighted by Crippen LogP contribution is -2.32. The van der Waals surface area contributed by atoms with Gasteiger partial charge in [0.2, 0.25) is 6.79 Å². The summed E-state index contributed by atoms with van der Waals surface area (Å²) in [7, 11) is 0. The second-order valence-electron chi connectivity index (χ2n) is 7.86. The quantitative estimate of drug-likeness (QED) is 0.511. The van der Waals surface area contributed by atoms with Crippen LogP contribution in [-0.4, -0.2) is 46.5 Å². The molecule has 6 rings (SSSR count). The topological polar surface area (TPSA) is 114 Å². The molecular weight excluding hydrogens is 410 g/mol. The number of aromatic nitrogens is 3. The Balaban J connectivity index is 1.51. The van der Waals surface area contributed by atoms with Crippen LogP contribution in [-0.2, 0) is 4.74 Å². The molecular formula is C23H21N5O4. The van der Waals surface area contributed by atoms with Crippen LogP contribution in [0.25, 0.3) is 27.9 Å². The van der Waals surface area contributed by atoms with Gasteiger partial charge in [-0.05, 0) is 37.1 Å². The van der Waals surface area contributed by atoms with Crippen LogP contribution in [0.3, 0.4) is 0 Å². The maximum Gasteiger partial charge on any atom is 0.257 e. The average molecular weight is 431 g/mol. The molecule has 0 spiro atoms. The van der Waals surface area contributed by atoms with Crippen LogP contribution in [0, 0.1) is 0 Å². The number of carbonyl (C=O) groups is 1. The number of benzene rings is 2. The van der Waals surface area contributed by atoms with Gasteiger partial charge in [0, 0.05) is 19.2 Å². The largest absolute Gasteiger partial charge is 0.454 e.